The Hall–Kier alpha value is -0.930. The minimum atomic E-state index is 0.222. The van der Waals surface area contributed by atoms with E-state index in [1.165, 1.54) is 37.2 Å². The van der Waals surface area contributed by atoms with E-state index in [-0.39, 0.29) is 5.54 Å². The first-order valence-electron chi connectivity index (χ1n) is 7.82. The zero-order chi connectivity index (χ0) is 14.6. The van der Waals surface area contributed by atoms with Gasteiger partial charge in [0.15, 0.2) is 0 Å². The van der Waals surface area contributed by atoms with Crippen LogP contribution in [0.3, 0.4) is 0 Å². The third-order valence-corrected chi connectivity index (χ3v) is 4.02. The normalized spacial score (nSPS) is 21.1. The number of nitrogens with zero attached hydrogens (tertiary/aromatic N) is 2. The van der Waals surface area contributed by atoms with E-state index in [0.717, 1.165) is 19.0 Å². The first-order chi connectivity index (χ1) is 9.44. The molecule has 0 radical (unpaired) electrons. The molecule has 0 bridgehead atoms. The Morgan fingerprint density at radius 2 is 2.20 bits per heavy atom. The van der Waals surface area contributed by atoms with Gasteiger partial charge in [0.05, 0.1) is 5.69 Å². The molecule has 112 valence electrons. The molecule has 1 atom stereocenters. The number of hydrogen-bond donors (Lipinski definition) is 1. The van der Waals surface area contributed by atoms with Crippen LogP contribution in [0, 0.1) is 12.8 Å². The number of piperidine rings is 1. The van der Waals surface area contributed by atoms with Gasteiger partial charge in [-0.05, 0) is 71.2 Å². The molecule has 0 aliphatic carbocycles. The van der Waals surface area contributed by atoms with Crippen molar-refractivity contribution in [2.45, 2.75) is 52.6 Å². The summed E-state index contributed by atoms with van der Waals surface area (Å²) >= 11 is 0. The van der Waals surface area contributed by atoms with Crippen LogP contribution in [0.4, 0.5) is 0 Å². The highest BCUT2D eigenvalue weighted by atomic mass is 15.1. The lowest BCUT2D eigenvalue weighted by atomic mass is 9.96. The van der Waals surface area contributed by atoms with Crippen molar-refractivity contribution in [1.82, 2.24) is 15.2 Å². The molecule has 3 nitrogen and oxygen atoms in total. The van der Waals surface area contributed by atoms with Crippen LogP contribution in [-0.4, -0.2) is 35.1 Å². The van der Waals surface area contributed by atoms with Gasteiger partial charge >= 0.3 is 0 Å². The highest BCUT2D eigenvalue weighted by Crippen LogP contribution is 2.19. The van der Waals surface area contributed by atoms with E-state index in [1.807, 2.05) is 12.3 Å². The van der Waals surface area contributed by atoms with Crippen LogP contribution < -0.4 is 5.32 Å². The van der Waals surface area contributed by atoms with E-state index in [9.17, 15) is 0 Å². The number of aromatic nitrogens is 1. The minimum Gasteiger partial charge on any atom is -0.312 e. The number of likely N-dealkylation sites (tertiary alicyclic amines) is 1. The molecule has 1 aliphatic rings. The highest BCUT2D eigenvalue weighted by molar-refractivity contribution is 5.17. The molecular weight excluding hydrogens is 246 g/mol. The van der Waals surface area contributed by atoms with Crippen LogP contribution in [0.25, 0.3) is 0 Å². The Bertz CT molecular complexity index is 422. The van der Waals surface area contributed by atoms with E-state index >= 15 is 0 Å². The van der Waals surface area contributed by atoms with Crippen LogP contribution >= 0.6 is 0 Å². The Kier molecular flexibility index (Phi) is 5.17. The average Bonchev–Trinajstić information content (AvgIpc) is 2.39. The first kappa shape index (κ1) is 15.5. The topological polar surface area (TPSA) is 28.2 Å². The number of pyridine rings is 1. The van der Waals surface area contributed by atoms with Crippen molar-refractivity contribution in [3.05, 3.63) is 29.6 Å². The van der Waals surface area contributed by atoms with Gasteiger partial charge in [-0.1, -0.05) is 6.07 Å². The summed E-state index contributed by atoms with van der Waals surface area (Å²) in [5, 5.41) is 3.65. The number of rotatable bonds is 4. The molecule has 1 N–H and O–H groups in total. The highest BCUT2D eigenvalue weighted by Gasteiger charge is 2.22. The largest absolute Gasteiger partial charge is 0.312 e. The third kappa shape index (κ3) is 4.88. The molecule has 2 rings (SSSR count). The minimum absolute atomic E-state index is 0.222. The molecule has 1 fully saturated rings. The van der Waals surface area contributed by atoms with Gasteiger partial charge in [0.1, 0.15) is 0 Å². The standard InChI is InChI=1S/C17H29N3/c1-14-7-5-9-18-16(14)13-20-10-6-8-15(12-20)11-19-17(2,3)4/h5,7,9,15,19H,6,8,10-13H2,1-4H3. The second-order valence-electron chi connectivity index (χ2n) is 7.14. The summed E-state index contributed by atoms with van der Waals surface area (Å²) < 4.78 is 0. The van der Waals surface area contributed by atoms with Crippen LogP contribution in [0.2, 0.25) is 0 Å². The zero-order valence-electron chi connectivity index (χ0n) is 13.4. The molecule has 1 aromatic heterocycles. The fourth-order valence-corrected chi connectivity index (χ4v) is 2.81. The summed E-state index contributed by atoms with van der Waals surface area (Å²) in [6.45, 7) is 13.4. The summed E-state index contributed by atoms with van der Waals surface area (Å²) in [5.74, 6) is 0.770. The molecule has 0 aromatic carbocycles. The van der Waals surface area contributed by atoms with Crippen molar-refractivity contribution in [3.8, 4) is 0 Å². The second kappa shape index (κ2) is 6.68. The van der Waals surface area contributed by atoms with Gasteiger partial charge in [-0.25, -0.2) is 0 Å². The predicted octanol–water partition coefficient (Wildman–Crippen LogP) is 2.99. The van der Waals surface area contributed by atoms with Crippen molar-refractivity contribution >= 4 is 0 Å². The molecule has 2 heterocycles. The zero-order valence-corrected chi connectivity index (χ0v) is 13.4. The number of nitrogens with one attached hydrogen (secondary N) is 1. The Morgan fingerprint density at radius 3 is 2.90 bits per heavy atom. The van der Waals surface area contributed by atoms with E-state index < -0.39 is 0 Å². The van der Waals surface area contributed by atoms with Gasteiger partial charge in [0, 0.05) is 24.8 Å². The van der Waals surface area contributed by atoms with Crippen LogP contribution in [0.5, 0.6) is 0 Å². The maximum atomic E-state index is 4.53. The Labute approximate surface area is 123 Å². The third-order valence-electron chi connectivity index (χ3n) is 4.02. The summed E-state index contributed by atoms with van der Waals surface area (Å²) in [6.07, 6.45) is 4.56. The van der Waals surface area contributed by atoms with Crippen molar-refractivity contribution in [2.75, 3.05) is 19.6 Å². The molecule has 1 saturated heterocycles. The van der Waals surface area contributed by atoms with Crippen LogP contribution in [-0.2, 0) is 6.54 Å². The molecule has 0 spiro atoms. The van der Waals surface area contributed by atoms with Crippen molar-refractivity contribution in [3.63, 3.8) is 0 Å². The average molecular weight is 275 g/mol. The lowest BCUT2D eigenvalue weighted by Gasteiger charge is -2.34. The van der Waals surface area contributed by atoms with Crippen LogP contribution in [0.15, 0.2) is 18.3 Å². The fraction of sp³-hybridized carbons (Fsp3) is 0.706. The van der Waals surface area contributed by atoms with Gasteiger partial charge < -0.3 is 5.32 Å². The fourth-order valence-electron chi connectivity index (χ4n) is 2.81. The molecular formula is C17H29N3. The maximum Gasteiger partial charge on any atom is 0.0573 e. The van der Waals surface area contributed by atoms with E-state index in [4.69, 9.17) is 0 Å². The van der Waals surface area contributed by atoms with Gasteiger partial charge in [-0.3, -0.25) is 9.88 Å². The molecule has 0 amide bonds. The Balaban J connectivity index is 1.86. The lowest BCUT2D eigenvalue weighted by molar-refractivity contribution is 0.158. The van der Waals surface area contributed by atoms with Gasteiger partial charge in [0.2, 0.25) is 0 Å². The monoisotopic (exact) mass is 275 g/mol. The number of hydrogen-bond acceptors (Lipinski definition) is 3. The molecule has 1 unspecified atom stereocenters. The molecule has 1 aliphatic heterocycles. The molecule has 1 aromatic rings. The van der Waals surface area contributed by atoms with E-state index in [1.54, 1.807) is 0 Å². The Morgan fingerprint density at radius 1 is 1.40 bits per heavy atom. The van der Waals surface area contributed by atoms with Crippen molar-refractivity contribution in [2.24, 2.45) is 5.92 Å². The smallest absolute Gasteiger partial charge is 0.0573 e. The maximum absolute atomic E-state index is 4.53. The lowest BCUT2D eigenvalue weighted by Crippen LogP contribution is -2.44. The van der Waals surface area contributed by atoms with Crippen molar-refractivity contribution in [1.29, 1.82) is 0 Å². The van der Waals surface area contributed by atoms with Crippen LogP contribution in [0.1, 0.15) is 44.9 Å². The predicted molar refractivity (Wildman–Crippen MR) is 84.7 cm³/mol. The molecule has 20 heavy (non-hydrogen) atoms. The quantitative estimate of drug-likeness (QED) is 0.915. The second-order valence-corrected chi connectivity index (χ2v) is 7.14. The van der Waals surface area contributed by atoms with E-state index in [0.29, 0.717) is 0 Å². The van der Waals surface area contributed by atoms with Gasteiger partial charge in [-0.15, -0.1) is 0 Å². The summed E-state index contributed by atoms with van der Waals surface area (Å²) in [7, 11) is 0. The van der Waals surface area contributed by atoms with Crippen molar-refractivity contribution < 1.29 is 0 Å². The molecule has 3 heteroatoms. The number of aryl methyl sites for hydroxylation is 1. The first-order valence-corrected chi connectivity index (χ1v) is 7.82. The summed E-state index contributed by atoms with van der Waals surface area (Å²) in [4.78, 5) is 7.09. The van der Waals surface area contributed by atoms with Gasteiger partial charge in [0.25, 0.3) is 0 Å². The van der Waals surface area contributed by atoms with Gasteiger partial charge in [-0.2, -0.15) is 0 Å². The molecule has 0 saturated carbocycles. The summed E-state index contributed by atoms with van der Waals surface area (Å²) in [6, 6.07) is 4.18. The SMILES string of the molecule is Cc1cccnc1CN1CCCC(CNC(C)(C)C)C1. The van der Waals surface area contributed by atoms with E-state index in [2.05, 4.69) is 49.0 Å². The summed E-state index contributed by atoms with van der Waals surface area (Å²) in [5.41, 5.74) is 2.76.